The maximum atomic E-state index is 13.0. The molecule has 2 amide bonds. The van der Waals surface area contributed by atoms with Gasteiger partial charge in [0.2, 0.25) is 0 Å². The molecule has 0 radical (unpaired) electrons. The number of amides is 2. The predicted octanol–water partition coefficient (Wildman–Crippen LogP) is 3.76. The second-order valence-electron chi connectivity index (χ2n) is 6.80. The van der Waals surface area contributed by atoms with E-state index < -0.39 is 0 Å². The molecule has 1 aromatic carbocycles. The first kappa shape index (κ1) is 18.7. The number of fused-ring (bicyclic) bond motifs is 2. The van der Waals surface area contributed by atoms with Crippen LogP contribution in [0.1, 0.15) is 31.5 Å². The van der Waals surface area contributed by atoms with Crippen molar-refractivity contribution >= 4 is 50.6 Å². The van der Waals surface area contributed by atoms with E-state index in [1.165, 1.54) is 28.7 Å². The second-order valence-corrected chi connectivity index (χ2v) is 8.67. The Morgan fingerprint density at radius 1 is 1.20 bits per heavy atom. The summed E-state index contributed by atoms with van der Waals surface area (Å²) >= 11 is 2.81. The molecule has 1 aliphatic rings. The molecule has 0 spiro atoms. The minimum atomic E-state index is -0.333. The van der Waals surface area contributed by atoms with Gasteiger partial charge in [-0.3, -0.25) is 19.7 Å². The number of aromatic nitrogens is 1. The fraction of sp³-hybridized carbons (Fsp3) is 0.143. The topological polar surface area (TPSA) is 92.5 Å². The number of nitrogens with zero attached hydrogens (tertiary/aromatic N) is 2. The third-order valence-electron chi connectivity index (χ3n) is 4.87. The van der Waals surface area contributed by atoms with E-state index in [2.05, 4.69) is 10.3 Å². The maximum absolute atomic E-state index is 13.0. The molecule has 0 unspecified atom stereocenters. The molecule has 5 rings (SSSR count). The molecular formula is C21H15N3O4S2. The smallest absolute Gasteiger partial charge is 0.290 e. The highest BCUT2D eigenvalue weighted by atomic mass is 32.1. The van der Waals surface area contributed by atoms with E-state index in [0.717, 1.165) is 10.6 Å². The molecular weight excluding hydrogens is 422 g/mol. The number of nitrogens with one attached hydrogen (secondary N) is 1. The molecule has 1 N–H and O–H groups in total. The van der Waals surface area contributed by atoms with Gasteiger partial charge in [-0.15, -0.1) is 0 Å². The van der Waals surface area contributed by atoms with Gasteiger partial charge in [0.1, 0.15) is 5.58 Å². The summed E-state index contributed by atoms with van der Waals surface area (Å²) in [7, 11) is 0. The van der Waals surface area contributed by atoms with Gasteiger partial charge in [-0.2, -0.15) is 11.3 Å². The number of thiophene rings is 1. The normalized spacial score (nSPS) is 13.3. The summed E-state index contributed by atoms with van der Waals surface area (Å²) in [6, 6.07) is 9.87. The number of carbonyl (C=O) groups is 2. The predicted molar refractivity (Wildman–Crippen MR) is 115 cm³/mol. The van der Waals surface area contributed by atoms with E-state index in [0.29, 0.717) is 41.2 Å². The average Bonchev–Trinajstić information content (AvgIpc) is 3.42. The van der Waals surface area contributed by atoms with Gasteiger partial charge in [0.25, 0.3) is 11.8 Å². The van der Waals surface area contributed by atoms with Gasteiger partial charge in [-0.05, 0) is 23.6 Å². The minimum Gasteiger partial charge on any atom is -0.451 e. The zero-order valence-electron chi connectivity index (χ0n) is 15.6. The average molecular weight is 438 g/mol. The van der Waals surface area contributed by atoms with Gasteiger partial charge >= 0.3 is 0 Å². The lowest BCUT2D eigenvalue weighted by Gasteiger charge is -2.25. The zero-order valence-corrected chi connectivity index (χ0v) is 17.2. The van der Waals surface area contributed by atoms with Crippen molar-refractivity contribution in [1.82, 2.24) is 9.88 Å². The number of thiazole rings is 1. The van der Waals surface area contributed by atoms with Gasteiger partial charge in [0, 0.05) is 29.3 Å². The monoisotopic (exact) mass is 437 g/mol. The highest BCUT2D eigenvalue weighted by Crippen LogP contribution is 2.29. The first-order valence-electron chi connectivity index (χ1n) is 9.23. The molecule has 0 atom stereocenters. The zero-order chi connectivity index (χ0) is 20.7. The lowest BCUT2D eigenvalue weighted by Crippen LogP contribution is -2.35. The molecule has 4 aromatic rings. The number of benzene rings is 1. The number of anilines is 1. The number of rotatable bonds is 3. The SMILES string of the molecule is O=C(Nc1nc2c(s1)CN(C(=O)c1cc(=O)c3ccccc3o1)CC2)c1ccsc1. The van der Waals surface area contributed by atoms with Crippen molar-refractivity contribution < 1.29 is 14.0 Å². The van der Waals surface area contributed by atoms with Crippen LogP contribution in [0.2, 0.25) is 0 Å². The van der Waals surface area contributed by atoms with Crippen molar-refractivity contribution in [2.45, 2.75) is 13.0 Å². The van der Waals surface area contributed by atoms with Crippen LogP contribution in [-0.2, 0) is 13.0 Å². The van der Waals surface area contributed by atoms with E-state index in [1.54, 1.807) is 40.6 Å². The molecule has 1 aliphatic heterocycles. The summed E-state index contributed by atoms with van der Waals surface area (Å²) in [4.78, 5) is 44.6. The summed E-state index contributed by atoms with van der Waals surface area (Å²) in [5.41, 5.74) is 1.62. The van der Waals surface area contributed by atoms with Crippen LogP contribution < -0.4 is 10.7 Å². The van der Waals surface area contributed by atoms with Gasteiger partial charge in [-0.25, -0.2) is 4.98 Å². The number of hydrogen-bond acceptors (Lipinski definition) is 7. The van der Waals surface area contributed by atoms with Gasteiger partial charge < -0.3 is 9.32 Å². The molecule has 150 valence electrons. The molecule has 9 heteroatoms. The number of para-hydroxylation sites is 1. The van der Waals surface area contributed by atoms with Crippen molar-refractivity contribution in [3.63, 3.8) is 0 Å². The largest absolute Gasteiger partial charge is 0.451 e. The summed E-state index contributed by atoms with van der Waals surface area (Å²) in [5.74, 6) is -0.508. The Morgan fingerprint density at radius 2 is 2.07 bits per heavy atom. The van der Waals surface area contributed by atoms with Crippen LogP contribution in [0.3, 0.4) is 0 Å². The van der Waals surface area contributed by atoms with Crippen LogP contribution in [-0.4, -0.2) is 28.2 Å². The van der Waals surface area contributed by atoms with E-state index in [9.17, 15) is 14.4 Å². The third kappa shape index (κ3) is 3.42. The van der Waals surface area contributed by atoms with Crippen LogP contribution in [0, 0.1) is 0 Å². The van der Waals surface area contributed by atoms with Crippen LogP contribution >= 0.6 is 22.7 Å². The Bertz CT molecular complexity index is 1320. The molecule has 4 heterocycles. The highest BCUT2D eigenvalue weighted by Gasteiger charge is 2.27. The first-order chi connectivity index (χ1) is 14.6. The molecule has 0 aliphatic carbocycles. The third-order valence-corrected chi connectivity index (χ3v) is 6.55. The Morgan fingerprint density at radius 3 is 2.90 bits per heavy atom. The molecule has 30 heavy (non-hydrogen) atoms. The van der Waals surface area contributed by atoms with Crippen molar-refractivity contribution in [1.29, 1.82) is 0 Å². The summed E-state index contributed by atoms with van der Waals surface area (Å²) in [6.45, 7) is 0.820. The Labute approximate surface area is 178 Å². The fourth-order valence-corrected chi connectivity index (χ4v) is 5.01. The van der Waals surface area contributed by atoms with Gasteiger partial charge in [-0.1, -0.05) is 23.5 Å². The van der Waals surface area contributed by atoms with E-state index in [4.69, 9.17) is 4.42 Å². The molecule has 0 saturated carbocycles. The molecule has 0 saturated heterocycles. The number of carbonyl (C=O) groups excluding carboxylic acids is 2. The molecule has 3 aromatic heterocycles. The van der Waals surface area contributed by atoms with Crippen molar-refractivity contribution in [3.05, 3.63) is 79.3 Å². The highest BCUT2D eigenvalue weighted by molar-refractivity contribution is 7.16. The lowest BCUT2D eigenvalue weighted by atomic mass is 10.1. The van der Waals surface area contributed by atoms with Gasteiger partial charge in [0.15, 0.2) is 16.3 Å². The van der Waals surface area contributed by atoms with Crippen molar-refractivity contribution in [3.8, 4) is 0 Å². The first-order valence-corrected chi connectivity index (χ1v) is 11.0. The van der Waals surface area contributed by atoms with E-state index in [1.807, 2.05) is 5.38 Å². The summed E-state index contributed by atoms with van der Waals surface area (Å²) in [6.07, 6.45) is 0.573. The lowest BCUT2D eigenvalue weighted by molar-refractivity contribution is 0.0704. The minimum absolute atomic E-state index is 0.0256. The maximum Gasteiger partial charge on any atom is 0.290 e. The van der Waals surface area contributed by atoms with Crippen LogP contribution in [0.5, 0.6) is 0 Å². The van der Waals surface area contributed by atoms with Crippen molar-refractivity contribution in [2.24, 2.45) is 0 Å². The van der Waals surface area contributed by atoms with Crippen molar-refractivity contribution in [2.75, 3.05) is 11.9 Å². The quantitative estimate of drug-likeness (QED) is 0.527. The molecule has 7 nitrogen and oxygen atoms in total. The van der Waals surface area contributed by atoms with Crippen LogP contribution in [0.15, 0.2) is 56.4 Å². The Balaban J connectivity index is 1.35. The van der Waals surface area contributed by atoms with Crippen LogP contribution in [0.25, 0.3) is 11.0 Å². The Kier molecular flexibility index (Phi) is 4.68. The van der Waals surface area contributed by atoms with E-state index >= 15 is 0 Å². The molecule has 0 fully saturated rings. The van der Waals surface area contributed by atoms with Gasteiger partial charge in [0.05, 0.1) is 23.2 Å². The summed E-state index contributed by atoms with van der Waals surface area (Å²) in [5, 5.41) is 7.40. The second kappa shape index (κ2) is 7.51. The van der Waals surface area contributed by atoms with Crippen LogP contribution in [0.4, 0.5) is 5.13 Å². The fourth-order valence-electron chi connectivity index (χ4n) is 3.35. The number of hydrogen-bond donors (Lipinski definition) is 1. The van der Waals surface area contributed by atoms with E-state index in [-0.39, 0.29) is 23.0 Å². The Hall–Kier alpha value is -3.30. The standard InChI is InChI=1S/C21H15N3O4S2/c25-15-9-17(28-16-4-2-1-3-13(15)16)20(27)24-7-5-14-18(10-24)30-21(22-14)23-19(26)12-6-8-29-11-12/h1-4,6,8-9,11H,5,7,10H2,(H,22,23,26). The summed E-state index contributed by atoms with van der Waals surface area (Å²) < 4.78 is 5.69. The molecule has 0 bridgehead atoms.